The summed E-state index contributed by atoms with van der Waals surface area (Å²) in [6.45, 7) is 6.50. The number of aromatic nitrogens is 6. The smallest absolute Gasteiger partial charge is 0.341 e. The van der Waals surface area contributed by atoms with Crippen LogP contribution >= 0.6 is 0 Å². The number of rotatable bonds is 8. The van der Waals surface area contributed by atoms with Crippen molar-refractivity contribution in [3.05, 3.63) is 63.6 Å². The van der Waals surface area contributed by atoms with Crippen LogP contribution in [0, 0.1) is 5.82 Å². The molecule has 2 aromatic heterocycles. The van der Waals surface area contributed by atoms with Gasteiger partial charge < -0.3 is 5.32 Å². The van der Waals surface area contributed by atoms with Gasteiger partial charge in [0.25, 0.3) is 5.91 Å². The number of amides is 1. The highest BCUT2D eigenvalue weighted by Gasteiger charge is 2.41. The molecule has 0 saturated carbocycles. The number of H-pyrrole nitrogens is 1. The number of carbonyl (C=O) groups excluding carboxylic acids is 1. The van der Waals surface area contributed by atoms with E-state index < -0.39 is 17.1 Å². The van der Waals surface area contributed by atoms with Crippen LogP contribution in [0.1, 0.15) is 63.3 Å². The Bertz CT molecular complexity index is 1260. The topological polar surface area (TPSA) is 110 Å². The number of halogens is 1. The first-order chi connectivity index (χ1) is 15.9. The Morgan fingerprint density at radius 1 is 1.18 bits per heavy atom. The number of carbonyl (C=O) groups is 1. The second-order valence-electron chi connectivity index (χ2n) is 8.54. The van der Waals surface area contributed by atoms with Crippen molar-refractivity contribution in [1.82, 2.24) is 35.3 Å². The molecule has 0 bridgehead atoms. The Labute approximate surface area is 190 Å². The summed E-state index contributed by atoms with van der Waals surface area (Å²) in [7, 11) is 0. The maximum absolute atomic E-state index is 15.3. The standard InChI is InChI=1S/C23H28FN7O2/c1-4-6-7-8-15-9-10-17(18(24)13-15)23(3)14-16(19-11-12-30(5-2)27-19)20(21(32)25-23)31-22(33)26-28-29-31/h9-13H,4-8,14H2,1-3H3,(H,25,32)(H,26,29,33)/t23-/m0/s1. The van der Waals surface area contributed by atoms with E-state index in [1.807, 2.05) is 13.0 Å². The fourth-order valence-corrected chi connectivity index (χ4v) is 4.31. The highest BCUT2D eigenvalue weighted by atomic mass is 19.1. The predicted octanol–water partition coefficient (Wildman–Crippen LogP) is 2.86. The maximum atomic E-state index is 15.3. The molecule has 9 nitrogen and oxygen atoms in total. The number of aryl methyl sites for hydroxylation is 2. The number of hydrogen-bond donors (Lipinski definition) is 2. The molecule has 3 heterocycles. The Morgan fingerprint density at radius 3 is 2.64 bits per heavy atom. The summed E-state index contributed by atoms with van der Waals surface area (Å²) >= 11 is 0. The summed E-state index contributed by atoms with van der Waals surface area (Å²) in [6, 6.07) is 6.98. The summed E-state index contributed by atoms with van der Waals surface area (Å²) in [5, 5.41) is 16.9. The quantitative estimate of drug-likeness (QED) is 0.510. The molecule has 1 aromatic carbocycles. The third kappa shape index (κ3) is 4.37. The lowest BCUT2D eigenvalue weighted by atomic mass is 9.80. The van der Waals surface area contributed by atoms with Crippen molar-refractivity contribution in [3.63, 3.8) is 0 Å². The number of benzene rings is 1. The molecule has 10 heteroatoms. The Hall–Kier alpha value is -3.56. The van der Waals surface area contributed by atoms with Crippen molar-refractivity contribution in [2.75, 3.05) is 0 Å². The Balaban J connectivity index is 1.77. The van der Waals surface area contributed by atoms with E-state index in [9.17, 15) is 9.59 Å². The lowest BCUT2D eigenvalue weighted by Gasteiger charge is -2.37. The van der Waals surface area contributed by atoms with Crippen LogP contribution in [0.15, 0.2) is 35.3 Å². The zero-order chi connectivity index (χ0) is 23.6. The largest absolute Gasteiger partial charge is 0.366 e. The molecular formula is C23H28FN7O2. The van der Waals surface area contributed by atoms with E-state index in [0.717, 1.165) is 35.9 Å². The highest BCUT2D eigenvalue weighted by Crippen LogP contribution is 2.40. The van der Waals surface area contributed by atoms with Crippen molar-refractivity contribution < 1.29 is 9.18 Å². The third-order valence-electron chi connectivity index (χ3n) is 6.08. The van der Waals surface area contributed by atoms with Crippen molar-refractivity contribution >= 4 is 17.2 Å². The number of tetrazole rings is 1. The van der Waals surface area contributed by atoms with Crippen molar-refractivity contribution in [3.8, 4) is 0 Å². The number of hydrogen-bond acceptors (Lipinski definition) is 5. The summed E-state index contributed by atoms with van der Waals surface area (Å²) < 4.78 is 17.9. The van der Waals surface area contributed by atoms with E-state index in [1.54, 1.807) is 36.0 Å². The zero-order valence-corrected chi connectivity index (χ0v) is 19.1. The van der Waals surface area contributed by atoms with Crippen LogP contribution in [0.2, 0.25) is 0 Å². The molecule has 33 heavy (non-hydrogen) atoms. The summed E-state index contributed by atoms with van der Waals surface area (Å²) in [5.41, 5.74) is 0.695. The molecule has 3 aromatic rings. The van der Waals surface area contributed by atoms with Gasteiger partial charge >= 0.3 is 5.69 Å². The van der Waals surface area contributed by atoms with Crippen molar-refractivity contribution in [2.24, 2.45) is 0 Å². The first-order valence-electron chi connectivity index (χ1n) is 11.3. The first kappa shape index (κ1) is 22.6. The highest BCUT2D eigenvalue weighted by molar-refractivity contribution is 6.22. The maximum Gasteiger partial charge on any atom is 0.366 e. The predicted molar refractivity (Wildman–Crippen MR) is 121 cm³/mol. The molecule has 2 N–H and O–H groups in total. The van der Waals surface area contributed by atoms with Gasteiger partial charge in [-0.2, -0.15) is 9.78 Å². The van der Waals surface area contributed by atoms with Gasteiger partial charge in [-0.1, -0.05) is 31.9 Å². The van der Waals surface area contributed by atoms with Crippen molar-refractivity contribution in [1.29, 1.82) is 0 Å². The fourth-order valence-electron chi connectivity index (χ4n) is 4.31. The van der Waals surface area contributed by atoms with E-state index in [1.165, 1.54) is 0 Å². The summed E-state index contributed by atoms with van der Waals surface area (Å²) in [4.78, 5) is 25.5. The first-order valence-corrected chi connectivity index (χ1v) is 11.3. The van der Waals surface area contributed by atoms with Gasteiger partial charge in [0.1, 0.15) is 11.5 Å². The molecule has 0 aliphatic carbocycles. The molecule has 4 rings (SSSR count). The van der Waals surface area contributed by atoms with Gasteiger partial charge in [-0.15, -0.1) is 0 Å². The van der Waals surface area contributed by atoms with Crippen LogP contribution < -0.4 is 11.0 Å². The van der Waals surface area contributed by atoms with Gasteiger partial charge in [0.15, 0.2) is 0 Å². The molecule has 174 valence electrons. The number of unbranched alkanes of at least 4 members (excludes halogenated alkanes) is 2. The van der Waals surface area contributed by atoms with E-state index >= 15 is 4.39 Å². The molecule has 0 spiro atoms. The molecule has 1 aliphatic heterocycles. The Kier molecular flexibility index (Phi) is 6.26. The molecule has 1 atom stereocenters. The minimum Gasteiger partial charge on any atom is -0.341 e. The van der Waals surface area contributed by atoms with E-state index in [4.69, 9.17) is 0 Å². The zero-order valence-electron chi connectivity index (χ0n) is 19.1. The van der Waals surface area contributed by atoms with E-state index in [-0.39, 0.29) is 17.9 Å². The average Bonchev–Trinajstić information content (AvgIpc) is 3.42. The SMILES string of the molecule is CCCCCc1ccc([C@]2(C)CC(c3ccn(CC)n3)=C(n3nn[nH]c3=O)C(=O)N2)c(F)c1. The van der Waals surface area contributed by atoms with Crippen LogP contribution in [0.4, 0.5) is 4.39 Å². The van der Waals surface area contributed by atoms with Gasteiger partial charge in [0.2, 0.25) is 0 Å². The second-order valence-corrected chi connectivity index (χ2v) is 8.54. The Morgan fingerprint density at radius 2 is 2.00 bits per heavy atom. The number of nitrogens with zero attached hydrogens (tertiary/aromatic N) is 5. The van der Waals surface area contributed by atoms with Crippen molar-refractivity contribution in [2.45, 2.75) is 65.0 Å². The molecule has 0 saturated heterocycles. The fraction of sp³-hybridized carbons (Fsp3) is 0.435. The van der Waals surface area contributed by atoms with E-state index in [2.05, 4.69) is 32.9 Å². The summed E-state index contributed by atoms with van der Waals surface area (Å²) in [6.07, 6.45) is 6.03. The van der Waals surface area contributed by atoms with Gasteiger partial charge in [-0.25, -0.2) is 14.3 Å². The molecule has 0 radical (unpaired) electrons. The minimum atomic E-state index is -1.04. The van der Waals surface area contributed by atoms with Crippen LogP contribution in [0.5, 0.6) is 0 Å². The molecular weight excluding hydrogens is 425 g/mol. The monoisotopic (exact) mass is 453 g/mol. The molecule has 1 aliphatic rings. The van der Waals surface area contributed by atoms with Crippen LogP contribution in [0.25, 0.3) is 11.3 Å². The molecule has 0 unspecified atom stereocenters. The van der Waals surface area contributed by atoms with Crippen LogP contribution in [-0.4, -0.2) is 35.9 Å². The lowest BCUT2D eigenvalue weighted by molar-refractivity contribution is -0.118. The van der Waals surface area contributed by atoms with Crippen LogP contribution in [0.3, 0.4) is 0 Å². The lowest BCUT2D eigenvalue weighted by Crippen LogP contribution is -2.49. The average molecular weight is 454 g/mol. The second kappa shape index (κ2) is 9.13. The van der Waals surface area contributed by atoms with E-state index in [0.29, 0.717) is 23.4 Å². The van der Waals surface area contributed by atoms with Gasteiger partial charge in [0.05, 0.1) is 11.2 Å². The minimum absolute atomic E-state index is 0.0316. The van der Waals surface area contributed by atoms with Crippen LogP contribution in [-0.2, 0) is 23.3 Å². The summed E-state index contributed by atoms with van der Waals surface area (Å²) in [5.74, 6) is -0.917. The van der Waals surface area contributed by atoms with Gasteiger partial charge in [0, 0.05) is 30.3 Å². The third-order valence-corrected chi connectivity index (χ3v) is 6.08. The number of aromatic amines is 1. The molecule has 0 fully saturated rings. The number of nitrogens with one attached hydrogen (secondary N) is 2. The van der Waals surface area contributed by atoms with Gasteiger partial charge in [-0.05, 0) is 54.8 Å². The van der Waals surface area contributed by atoms with Gasteiger partial charge in [-0.3, -0.25) is 9.48 Å². The molecule has 1 amide bonds. The normalized spacial score (nSPS) is 18.6.